The molecule has 0 fully saturated rings. The fourth-order valence-corrected chi connectivity index (χ4v) is 1.67. The molecule has 0 spiro atoms. The molecule has 0 atom stereocenters. The molecule has 0 aliphatic rings. The zero-order chi connectivity index (χ0) is 12.5. The quantitative estimate of drug-likeness (QED) is 0.723. The Morgan fingerprint density at radius 3 is 2.88 bits per heavy atom. The highest BCUT2D eigenvalue weighted by molar-refractivity contribution is 6.31. The predicted octanol–water partition coefficient (Wildman–Crippen LogP) is 3.39. The fraction of sp³-hybridized carbons (Fsp3) is 0.538. The first-order valence-electron chi connectivity index (χ1n) is 5.96. The molecule has 0 bridgehead atoms. The molecule has 4 heteroatoms. The molecular formula is C13H19ClFNO. The van der Waals surface area contributed by atoms with Crippen LogP contribution in [-0.2, 0) is 11.3 Å². The summed E-state index contributed by atoms with van der Waals surface area (Å²) in [5.74, 6) is -0.299. The first-order valence-corrected chi connectivity index (χ1v) is 6.34. The number of hydrogen-bond acceptors (Lipinski definition) is 2. The summed E-state index contributed by atoms with van der Waals surface area (Å²) < 4.78 is 18.1. The third-order valence-electron chi connectivity index (χ3n) is 2.32. The normalized spacial score (nSPS) is 10.8. The van der Waals surface area contributed by atoms with Crippen LogP contribution in [0.4, 0.5) is 4.39 Å². The van der Waals surface area contributed by atoms with Crippen molar-refractivity contribution < 1.29 is 9.13 Å². The molecule has 1 rings (SSSR count). The highest BCUT2D eigenvalue weighted by Gasteiger charge is 2.01. The topological polar surface area (TPSA) is 21.3 Å². The summed E-state index contributed by atoms with van der Waals surface area (Å²) in [4.78, 5) is 0. The van der Waals surface area contributed by atoms with Crippen LogP contribution in [0.1, 0.15) is 25.3 Å². The minimum Gasteiger partial charge on any atom is -0.381 e. The van der Waals surface area contributed by atoms with Crippen LogP contribution >= 0.6 is 11.6 Å². The molecule has 0 heterocycles. The Hall–Kier alpha value is -0.640. The van der Waals surface area contributed by atoms with E-state index in [4.69, 9.17) is 16.3 Å². The van der Waals surface area contributed by atoms with Gasteiger partial charge in [-0.15, -0.1) is 0 Å². The van der Waals surface area contributed by atoms with E-state index in [-0.39, 0.29) is 5.82 Å². The van der Waals surface area contributed by atoms with Crippen LogP contribution in [-0.4, -0.2) is 19.8 Å². The second kappa shape index (κ2) is 8.45. The highest BCUT2D eigenvalue weighted by atomic mass is 35.5. The van der Waals surface area contributed by atoms with Crippen molar-refractivity contribution in [3.8, 4) is 0 Å². The third-order valence-corrected chi connectivity index (χ3v) is 2.67. The van der Waals surface area contributed by atoms with Gasteiger partial charge in [-0.3, -0.25) is 0 Å². The van der Waals surface area contributed by atoms with E-state index in [1.807, 2.05) is 0 Å². The predicted molar refractivity (Wildman–Crippen MR) is 68.8 cm³/mol. The van der Waals surface area contributed by atoms with Crippen molar-refractivity contribution >= 4 is 11.6 Å². The van der Waals surface area contributed by atoms with Gasteiger partial charge in [0.15, 0.2) is 0 Å². The molecule has 1 aromatic rings. The van der Waals surface area contributed by atoms with Crippen molar-refractivity contribution in [1.29, 1.82) is 0 Å². The van der Waals surface area contributed by atoms with Gasteiger partial charge < -0.3 is 10.1 Å². The van der Waals surface area contributed by atoms with E-state index in [1.54, 1.807) is 6.07 Å². The maximum absolute atomic E-state index is 12.8. The van der Waals surface area contributed by atoms with Crippen molar-refractivity contribution in [3.63, 3.8) is 0 Å². The van der Waals surface area contributed by atoms with Crippen molar-refractivity contribution in [2.75, 3.05) is 19.8 Å². The first kappa shape index (κ1) is 14.4. The smallest absolute Gasteiger partial charge is 0.124 e. The minimum atomic E-state index is -0.299. The van der Waals surface area contributed by atoms with Gasteiger partial charge in [-0.2, -0.15) is 0 Å². The Morgan fingerprint density at radius 2 is 2.18 bits per heavy atom. The molecule has 0 aliphatic heterocycles. The number of halogens is 2. The molecule has 0 unspecified atom stereocenters. The maximum Gasteiger partial charge on any atom is 0.124 e. The molecule has 96 valence electrons. The molecule has 2 nitrogen and oxygen atoms in total. The largest absolute Gasteiger partial charge is 0.381 e. The summed E-state index contributed by atoms with van der Waals surface area (Å²) in [5, 5.41) is 3.72. The van der Waals surface area contributed by atoms with Gasteiger partial charge >= 0.3 is 0 Å². The van der Waals surface area contributed by atoms with Gasteiger partial charge in [-0.1, -0.05) is 24.6 Å². The van der Waals surface area contributed by atoms with Crippen LogP contribution in [0.15, 0.2) is 18.2 Å². The molecule has 0 saturated carbocycles. The summed E-state index contributed by atoms with van der Waals surface area (Å²) in [6, 6.07) is 4.47. The van der Waals surface area contributed by atoms with Gasteiger partial charge in [0, 0.05) is 24.8 Å². The fourth-order valence-electron chi connectivity index (χ4n) is 1.43. The van der Waals surface area contributed by atoms with Crippen LogP contribution in [0.25, 0.3) is 0 Å². The molecule has 0 amide bonds. The van der Waals surface area contributed by atoms with Gasteiger partial charge in [0.05, 0.1) is 0 Å². The average Bonchev–Trinajstić information content (AvgIpc) is 2.30. The van der Waals surface area contributed by atoms with E-state index in [2.05, 4.69) is 12.2 Å². The summed E-state index contributed by atoms with van der Waals surface area (Å²) in [5.41, 5.74) is 0.919. The van der Waals surface area contributed by atoms with Crippen LogP contribution in [0, 0.1) is 5.82 Å². The molecule has 0 saturated heterocycles. The van der Waals surface area contributed by atoms with Crippen molar-refractivity contribution in [2.45, 2.75) is 26.3 Å². The lowest BCUT2D eigenvalue weighted by Crippen LogP contribution is -2.16. The third kappa shape index (κ3) is 6.01. The molecule has 0 aromatic heterocycles. The monoisotopic (exact) mass is 259 g/mol. The Balaban J connectivity index is 2.14. The zero-order valence-electron chi connectivity index (χ0n) is 10.1. The summed E-state index contributed by atoms with van der Waals surface area (Å²) in [7, 11) is 0. The van der Waals surface area contributed by atoms with Crippen molar-refractivity contribution in [2.24, 2.45) is 0 Å². The number of nitrogens with one attached hydrogen (secondary N) is 1. The Labute approximate surface area is 107 Å². The minimum absolute atomic E-state index is 0.299. The summed E-state index contributed by atoms with van der Waals surface area (Å²) in [6.07, 6.45) is 2.03. The van der Waals surface area contributed by atoms with Crippen LogP contribution < -0.4 is 5.32 Å². The van der Waals surface area contributed by atoms with Gasteiger partial charge in [0.1, 0.15) is 5.82 Å². The van der Waals surface area contributed by atoms with E-state index in [1.165, 1.54) is 12.1 Å². The lowest BCUT2D eigenvalue weighted by Gasteiger charge is -2.07. The first-order chi connectivity index (χ1) is 8.24. The Kier molecular flexibility index (Phi) is 7.17. The molecule has 0 radical (unpaired) electrons. The van der Waals surface area contributed by atoms with Crippen molar-refractivity contribution in [1.82, 2.24) is 5.32 Å². The van der Waals surface area contributed by atoms with E-state index in [0.717, 1.165) is 38.2 Å². The number of benzene rings is 1. The summed E-state index contributed by atoms with van der Waals surface area (Å²) >= 11 is 5.91. The van der Waals surface area contributed by atoms with E-state index in [0.29, 0.717) is 11.6 Å². The molecule has 17 heavy (non-hydrogen) atoms. The van der Waals surface area contributed by atoms with Crippen molar-refractivity contribution in [3.05, 3.63) is 34.6 Å². The van der Waals surface area contributed by atoms with Gasteiger partial charge in [-0.05, 0) is 37.1 Å². The van der Waals surface area contributed by atoms with Crippen LogP contribution in [0.5, 0.6) is 0 Å². The van der Waals surface area contributed by atoms with E-state index < -0.39 is 0 Å². The maximum atomic E-state index is 12.8. The van der Waals surface area contributed by atoms with E-state index in [9.17, 15) is 4.39 Å². The zero-order valence-corrected chi connectivity index (χ0v) is 10.9. The summed E-state index contributed by atoms with van der Waals surface area (Å²) in [6.45, 7) is 5.22. The molecular weight excluding hydrogens is 241 g/mol. The number of hydrogen-bond donors (Lipinski definition) is 1. The molecule has 0 aliphatic carbocycles. The number of ether oxygens (including phenoxy) is 1. The Bertz CT molecular complexity index is 333. The standard InChI is InChI=1S/C13H19ClFNO/c1-2-7-17-8-3-6-16-10-11-4-5-12(15)9-13(11)14/h4-5,9,16H,2-3,6-8,10H2,1H3. The number of rotatable bonds is 8. The average molecular weight is 260 g/mol. The SMILES string of the molecule is CCCOCCCNCc1ccc(F)cc1Cl. The van der Waals surface area contributed by atoms with Gasteiger partial charge in [-0.25, -0.2) is 4.39 Å². The van der Waals surface area contributed by atoms with Crippen LogP contribution in [0.2, 0.25) is 5.02 Å². The van der Waals surface area contributed by atoms with E-state index >= 15 is 0 Å². The lowest BCUT2D eigenvalue weighted by atomic mass is 10.2. The molecule has 1 N–H and O–H groups in total. The second-order valence-electron chi connectivity index (χ2n) is 3.88. The Morgan fingerprint density at radius 1 is 1.35 bits per heavy atom. The second-order valence-corrected chi connectivity index (χ2v) is 4.29. The van der Waals surface area contributed by atoms with Gasteiger partial charge in [0.2, 0.25) is 0 Å². The van der Waals surface area contributed by atoms with Crippen LogP contribution in [0.3, 0.4) is 0 Å². The highest BCUT2D eigenvalue weighted by Crippen LogP contribution is 2.16. The lowest BCUT2D eigenvalue weighted by molar-refractivity contribution is 0.132. The van der Waals surface area contributed by atoms with Gasteiger partial charge in [0.25, 0.3) is 0 Å². The molecule has 1 aromatic carbocycles.